The van der Waals surface area contributed by atoms with Gasteiger partial charge in [-0.25, -0.2) is 0 Å². The zero-order chi connectivity index (χ0) is 18.4. The Hall–Kier alpha value is -1.03. The third-order valence-electron chi connectivity index (χ3n) is 5.42. The van der Waals surface area contributed by atoms with Gasteiger partial charge in [0.05, 0.1) is 5.92 Å². The molecule has 3 nitrogen and oxygen atoms in total. The first-order valence-corrected chi connectivity index (χ1v) is 10.5. The molecule has 1 saturated heterocycles. The van der Waals surface area contributed by atoms with Crippen molar-refractivity contribution in [3.8, 4) is 0 Å². The molecular formula is C21H28Cl2N2O. The van der Waals surface area contributed by atoms with Gasteiger partial charge in [-0.05, 0) is 69.2 Å². The van der Waals surface area contributed by atoms with Crippen molar-refractivity contribution in [3.63, 3.8) is 0 Å². The molecule has 0 spiro atoms. The summed E-state index contributed by atoms with van der Waals surface area (Å²) in [5.74, 6) is 0.281. The lowest BCUT2D eigenvalue weighted by Gasteiger charge is -2.32. The summed E-state index contributed by atoms with van der Waals surface area (Å²) in [7, 11) is 0. The summed E-state index contributed by atoms with van der Waals surface area (Å²) < 4.78 is 0. The molecule has 0 radical (unpaired) electrons. The molecule has 1 amide bonds. The number of halogens is 2. The number of hydrogen-bond donors (Lipinski definition) is 1. The summed E-state index contributed by atoms with van der Waals surface area (Å²) in [6, 6.07) is 5.63. The number of allylic oxidation sites excluding steroid dienone is 1. The molecule has 0 unspecified atom stereocenters. The fourth-order valence-corrected chi connectivity index (χ4v) is 4.39. The van der Waals surface area contributed by atoms with Crippen molar-refractivity contribution in [1.29, 1.82) is 0 Å². The van der Waals surface area contributed by atoms with Crippen LogP contribution in [0.15, 0.2) is 29.8 Å². The molecule has 142 valence electrons. The van der Waals surface area contributed by atoms with Crippen LogP contribution in [0, 0.1) is 5.92 Å². The number of benzene rings is 1. The second-order valence-electron chi connectivity index (χ2n) is 7.46. The molecule has 1 aliphatic carbocycles. The second-order valence-corrected chi connectivity index (χ2v) is 8.30. The van der Waals surface area contributed by atoms with Crippen LogP contribution in [-0.2, 0) is 11.3 Å². The van der Waals surface area contributed by atoms with Crippen molar-refractivity contribution in [2.24, 2.45) is 5.92 Å². The number of rotatable bonds is 6. The van der Waals surface area contributed by atoms with Crippen LogP contribution in [0.1, 0.15) is 50.5 Å². The third kappa shape index (κ3) is 5.73. The minimum absolute atomic E-state index is 0.0789. The summed E-state index contributed by atoms with van der Waals surface area (Å²) in [6.45, 7) is 3.35. The van der Waals surface area contributed by atoms with Gasteiger partial charge in [-0.1, -0.05) is 40.9 Å². The Morgan fingerprint density at radius 3 is 2.88 bits per heavy atom. The molecule has 1 aromatic carbocycles. The largest absolute Gasteiger partial charge is 0.356 e. The maximum absolute atomic E-state index is 12.5. The molecular weight excluding hydrogens is 367 g/mol. The lowest BCUT2D eigenvalue weighted by molar-refractivity contribution is -0.126. The number of carbonyl (C=O) groups is 1. The fourth-order valence-electron chi connectivity index (χ4n) is 3.93. The quantitative estimate of drug-likeness (QED) is 0.671. The minimum atomic E-state index is 0.0789. The topological polar surface area (TPSA) is 32.3 Å². The molecule has 1 aliphatic heterocycles. The normalized spacial score (nSPS) is 21.3. The molecule has 5 heteroatoms. The SMILES string of the molecule is O=C(NCCC1=CCCCC1)[C@H]1CCCN(Cc2ccc(Cl)cc2Cl)C1. The van der Waals surface area contributed by atoms with E-state index in [0.29, 0.717) is 10.0 Å². The predicted molar refractivity (Wildman–Crippen MR) is 109 cm³/mol. The maximum Gasteiger partial charge on any atom is 0.224 e. The Morgan fingerprint density at radius 1 is 1.23 bits per heavy atom. The van der Waals surface area contributed by atoms with Crippen LogP contribution in [0.25, 0.3) is 0 Å². The van der Waals surface area contributed by atoms with Crippen molar-refractivity contribution >= 4 is 29.1 Å². The standard InChI is InChI=1S/C21H28Cl2N2O/c22-19-9-8-17(20(23)13-19)14-25-12-4-7-18(15-25)21(26)24-11-10-16-5-2-1-3-6-16/h5,8-9,13,18H,1-4,6-7,10-12,14-15H2,(H,24,26)/t18-/m0/s1. The molecule has 0 aromatic heterocycles. The van der Waals surface area contributed by atoms with Gasteiger partial charge in [0.1, 0.15) is 0 Å². The van der Waals surface area contributed by atoms with Gasteiger partial charge in [-0.3, -0.25) is 9.69 Å². The van der Waals surface area contributed by atoms with Gasteiger partial charge in [-0.15, -0.1) is 0 Å². The highest BCUT2D eigenvalue weighted by atomic mass is 35.5. The number of piperidine rings is 1. The van der Waals surface area contributed by atoms with E-state index in [2.05, 4.69) is 16.3 Å². The van der Waals surface area contributed by atoms with E-state index in [4.69, 9.17) is 23.2 Å². The van der Waals surface area contributed by atoms with Crippen molar-refractivity contribution in [2.75, 3.05) is 19.6 Å². The fraction of sp³-hybridized carbons (Fsp3) is 0.571. The molecule has 1 fully saturated rings. The van der Waals surface area contributed by atoms with E-state index in [0.717, 1.165) is 51.0 Å². The first kappa shape index (κ1) is 19.7. The summed E-state index contributed by atoms with van der Waals surface area (Å²) in [5.41, 5.74) is 2.58. The second kappa shape index (κ2) is 9.77. The number of nitrogens with one attached hydrogen (secondary N) is 1. The highest BCUT2D eigenvalue weighted by Gasteiger charge is 2.26. The monoisotopic (exact) mass is 394 g/mol. The van der Waals surface area contributed by atoms with Crippen LogP contribution < -0.4 is 5.32 Å². The van der Waals surface area contributed by atoms with E-state index < -0.39 is 0 Å². The summed E-state index contributed by atoms with van der Waals surface area (Å²) in [5, 5.41) is 4.51. The number of amides is 1. The Labute approximate surface area is 166 Å². The molecule has 26 heavy (non-hydrogen) atoms. The van der Waals surface area contributed by atoms with Gasteiger partial charge in [0.2, 0.25) is 5.91 Å². The first-order chi connectivity index (χ1) is 12.6. The highest BCUT2D eigenvalue weighted by molar-refractivity contribution is 6.35. The van der Waals surface area contributed by atoms with E-state index >= 15 is 0 Å². The van der Waals surface area contributed by atoms with E-state index in [1.807, 2.05) is 12.1 Å². The Bertz CT molecular complexity index is 659. The van der Waals surface area contributed by atoms with Crippen LogP contribution in [0.3, 0.4) is 0 Å². The van der Waals surface area contributed by atoms with Crippen LogP contribution in [-0.4, -0.2) is 30.4 Å². The van der Waals surface area contributed by atoms with Crippen LogP contribution >= 0.6 is 23.2 Å². The molecule has 1 N–H and O–H groups in total. The van der Waals surface area contributed by atoms with Crippen molar-refractivity contribution in [1.82, 2.24) is 10.2 Å². The van der Waals surface area contributed by atoms with Crippen LogP contribution in [0.5, 0.6) is 0 Å². The minimum Gasteiger partial charge on any atom is -0.356 e. The zero-order valence-electron chi connectivity index (χ0n) is 15.3. The first-order valence-electron chi connectivity index (χ1n) is 9.74. The Morgan fingerprint density at radius 2 is 2.12 bits per heavy atom. The van der Waals surface area contributed by atoms with E-state index in [1.54, 1.807) is 6.07 Å². The van der Waals surface area contributed by atoms with E-state index in [-0.39, 0.29) is 11.8 Å². The van der Waals surface area contributed by atoms with Gasteiger partial charge in [0.15, 0.2) is 0 Å². The van der Waals surface area contributed by atoms with E-state index in [1.165, 1.54) is 31.3 Å². The number of carbonyl (C=O) groups excluding carboxylic acids is 1. The van der Waals surface area contributed by atoms with Gasteiger partial charge < -0.3 is 5.32 Å². The summed E-state index contributed by atoms with van der Waals surface area (Å²) >= 11 is 12.3. The molecule has 1 heterocycles. The average Bonchev–Trinajstić information content (AvgIpc) is 2.65. The van der Waals surface area contributed by atoms with Gasteiger partial charge in [0.25, 0.3) is 0 Å². The average molecular weight is 395 g/mol. The van der Waals surface area contributed by atoms with Gasteiger partial charge in [-0.2, -0.15) is 0 Å². The number of nitrogens with zero attached hydrogens (tertiary/aromatic N) is 1. The molecule has 0 saturated carbocycles. The highest BCUT2D eigenvalue weighted by Crippen LogP contribution is 2.25. The number of hydrogen-bond acceptors (Lipinski definition) is 2. The van der Waals surface area contributed by atoms with Crippen molar-refractivity contribution in [3.05, 3.63) is 45.5 Å². The molecule has 2 aliphatic rings. The molecule has 1 atom stereocenters. The summed E-state index contributed by atoms with van der Waals surface area (Å²) in [6.07, 6.45) is 10.4. The van der Waals surface area contributed by atoms with Crippen molar-refractivity contribution < 1.29 is 4.79 Å². The third-order valence-corrected chi connectivity index (χ3v) is 6.00. The van der Waals surface area contributed by atoms with Crippen LogP contribution in [0.2, 0.25) is 10.0 Å². The van der Waals surface area contributed by atoms with Crippen LogP contribution in [0.4, 0.5) is 0 Å². The van der Waals surface area contributed by atoms with Crippen molar-refractivity contribution in [2.45, 2.75) is 51.5 Å². The lowest BCUT2D eigenvalue weighted by atomic mass is 9.95. The van der Waals surface area contributed by atoms with E-state index in [9.17, 15) is 4.79 Å². The maximum atomic E-state index is 12.5. The molecule has 1 aromatic rings. The predicted octanol–water partition coefficient (Wildman–Crippen LogP) is 5.21. The van der Waals surface area contributed by atoms with Gasteiger partial charge >= 0.3 is 0 Å². The lowest BCUT2D eigenvalue weighted by Crippen LogP contribution is -2.43. The summed E-state index contributed by atoms with van der Waals surface area (Å²) in [4.78, 5) is 14.9. The number of likely N-dealkylation sites (tertiary alicyclic amines) is 1. The Balaban J connectivity index is 1.46. The zero-order valence-corrected chi connectivity index (χ0v) is 16.8. The van der Waals surface area contributed by atoms with Gasteiger partial charge in [0, 0.05) is 29.7 Å². The Kier molecular flexibility index (Phi) is 7.42. The molecule has 3 rings (SSSR count). The smallest absolute Gasteiger partial charge is 0.224 e. The molecule has 0 bridgehead atoms.